The molecule has 2 aromatic carbocycles. The monoisotopic (exact) mass is 453 g/mol. The number of carbonyl (C=O) groups excluding carboxylic acids is 2. The standard InChI is InChI=1S/C26H35N3O4/c1-4-29(20-14-10-11-15-20)18-25(30)27-21-16-24(33-6-3)22(17-23(21)32-5-2)28-26(31)19-12-8-7-9-13-19/h7-9,12-13,16-17,20H,4-6,10-11,14-15,18H2,1-3H3,(H,27,30)(H,28,31). The number of hydrogen-bond donors (Lipinski definition) is 2. The maximum atomic E-state index is 12.9. The van der Waals surface area contributed by atoms with Crippen LogP contribution in [0.15, 0.2) is 42.5 Å². The predicted molar refractivity (Wildman–Crippen MR) is 131 cm³/mol. The van der Waals surface area contributed by atoms with Crippen molar-refractivity contribution in [2.45, 2.75) is 52.5 Å². The van der Waals surface area contributed by atoms with E-state index in [-0.39, 0.29) is 11.8 Å². The first kappa shape index (κ1) is 24.6. The molecule has 0 radical (unpaired) electrons. The topological polar surface area (TPSA) is 79.9 Å². The van der Waals surface area contributed by atoms with Crippen LogP contribution in [0.25, 0.3) is 0 Å². The van der Waals surface area contributed by atoms with Gasteiger partial charge in [0.05, 0.1) is 31.1 Å². The molecule has 1 fully saturated rings. The van der Waals surface area contributed by atoms with Gasteiger partial charge >= 0.3 is 0 Å². The lowest BCUT2D eigenvalue weighted by atomic mass is 10.2. The van der Waals surface area contributed by atoms with Crippen molar-refractivity contribution in [1.29, 1.82) is 0 Å². The van der Waals surface area contributed by atoms with E-state index in [1.54, 1.807) is 24.3 Å². The minimum Gasteiger partial charge on any atom is -0.492 e. The molecule has 2 amide bonds. The highest BCUT2D eigenvalue weighted by Crippen LogP contribution is 2.37. The summed E-state index contributed by atoms with van der Waals surface area (Å²) in [6.45, 7) is 7.86. The molecule has 0 heterocycles. The van der Waals surface area contributed by atoms with Crippen molar-refractivity contribution in [1.82, 2.24) is 4.90 Å². The summed E-state index contributed by atoms with van der Waals surface area (Å²) in [5.74, 6) is 0.629. The molecule has 0 aliphatic heterocycles. The Labute approximate surface area is 196 Å². The van der Waals surface area contributed by atoms with E-state index in [0.717, 1.165) is 19.4 Å². The van der Waals surface area contributed by atoms with E-state index in [1.165, 1.54) is 12.8 Å². The Bertz CT molecular complexity index is 927. The third-order valence-electron chi connectivity index (χ3n) is 5.83. The summed E-state index contributed by atoms with van der Waals surface area (Å²) >= 11 is 0. The van der Waals surface area contributed by atoms with E-state index in [2.05, 4.69) is 22.5 Å². The number of carbonyl (C=O) groups is 2. The summed E-state index contributed by atoms with van der Waals surface area (Å²) in [4.78, 5) is 27.8. The molecule has 7 nitrogen and oxygen atoms in total. The third kappa shape index (κ3) is 6.71. The van der Waals surface area contributed by atoms with Gasteiger partial charge in [0, 0.05) is 23.7 Å². The Morgan fingerprint density at radius 2 is 1.48 bits per heavy atom. The maximum absolute atomic E-state index is 12.9. The molecule has 1 aliphatic rings. The molecule has 0 unspecified atom stereocenters. The molecule has 0 atom stereocenters. The van der Waals surface area contributed by atoms with E-state index in [4.69, 9.17) is 9.47 Å². The maximum Gasteiger partial charge on any atom is 0.255 e. The smallest absolute Gasteiger partial charge is 0.255 e. The number of nitrogens with one attached hydrogen (secondary N) is 2. The highest BCUT2D eigenvalue weighted by Gasteiger charge is 2.24. The molecule has 2 N–H and O–H groups in total. The molecule has 1 saturated carbocycles. The molecule has 3 rings (SSSR count). The minimum absolute atomic E-state index is 0.0896. The number of rotatable bonds is 11. The molecule has 1 aliphatic carbocycles. The van der Waals surface area contributed by atoms with Crippen LogP contribution >= 0.6 is 0 Å². The summed E-state index contributed by atoms with van der Waals surface area (Å²) in [5, 5.41) is 5.90. The average Bonchev–Trinajstić information content (AvgIpc) is 3.35. The highest BCUT2D eigenvalue weighted by atomic mass is 16.5. The molecule has 178 valence electrons. The van der Waals surface area contributed by atoms with Crippen LogP contribution < -0.4 is 20.1 Å². The van der Waals surface area contributed by atoms with E-state index < -0.39 is 0 Å². The van der Waals surface area contributed by atoms with Crippen molar-refractivity contribution < 1.29 is 19.1 Å². The second-order valence-corrected chi connectivity index (χ2v) is 8.08. The molecule has 0 spiro atoms. The van der Waals surface area contributed by atoms with Crippen molar-refractivity contribution in [3.05, 3.63) is 48.0 Å². The number of ether oxygens (including phenoxy) is 2. The van der Waals surface area contributed by atoms with Crippen LogP contribution in [-0.4, -0.2) is 49.1 Å². The summed E-state index contributed by atoms with van der Waals surface area (Å²) < 4.78 is 11.6. The number of amides is 2. The second kappa shape index (κ2) is 12.3. The van der Waals surface area contributed by atoms with Crippen LogP contribution in [0.5, 0.6) is 11.5 Å². The van der Waals surface area contributed by atoms with Crippen LogP contribution in [0.2, 0.25) is 0 Å². The number of anilines is 2. The number of benzene rings is 2. The van der Waals surface area contributed by atoms with E-state index in [1.807, 2.05) is 32.0 Å². The normalized spacial score (nSPS) is 13.7. The van der Waals surface area contributed by atoms with Gasteiger partial charge in [0.2, 0.25) is 5.91 Å². The fourth-order valence-corrected chi connectivity index (χ4v) is 4.23. The molecule has 0 aromatic heterocycles. The summed E-state index contributed by atoms with van der Waals surface area (Å²) in [5.41, 5.74) is 1.57. The van der Waals surface area contributed by atoms with Crippen molar-refractivity contribution in [2.24, 2.45) is 0 Å². The second-order valence-electron chi connectivity index (χ2n) is 8.08. The van der Waals surface area contributed by atoms with Gasteiger partial charge in [-0.25, -0.2) is 0 Å². The van der Waals surface area contributed by atoms with E-state index >= 15 is 0 Å². The van der Waals surface area contributed by atoms with E-state index in [0.29, 0.717) is 54.2 Å². The molecule has 0 saturated heterocycles. The number of likely N-dealkylation sites (N-methyl/N-ethyl adjacent to an activating group) is 1. The molecule has 7 heteroatoms. The van der Waals surface area contributed by atoms with Crippen LogP contribution in [0, 0.1) is 0 Å². The van der Waals surface area contributed by atoms with Gasteiger partial charge in [0.15, 0.2) is 0 Å². The predicted octanol–water partition coefficient (Wildman–Crippen LogP) is 4.94. The van der Waals surface area contributed by atoms with Gasteiger partial charge in [-0.3, -0.25) is 14.5 Å². The SMILES string of the molecule is CCOc1cc(NC(=O)c2ccccc2)c(OCC)cc1NC(=O)CN(CC)C1CCCC1. The quantitative estimate of drug-likeness (QED) is 0.504. The molecular formula is C26H35N3O4. The van der Waals surface area contributed by atoms with Gasteiger partial charge in [-0.05, 0) is 45.4 Å². The van der Waals surface area contributed by atoms with Crippen molar-refractivity contribution in [3.63, 3.8) is 0 Å². The van der Waals surface area contributed by atoms with Gasteiger partial charge in [0.1, 0.15) is 11.5 Å². The van der Waals surface area contributed by atoms with Crippen LogP contribution in [-0.2, 0) is 4.79 Å². The first-order chi connectivity index (χ1) is 16.0. The zero-order valence-electron chi connectivity index (χ0n) is 19.9. The van der Waals surface area contributed by atoms with E-state index in [9.17, 15) is 9.59 Å². The largest absolute Gasteiger partial charge is 0.492 e. The Kier molecular flexibility index (Phi) is 9.13. The lowest BCUT2D eigenvalue weighted by Crippen LogP contribution is -2.39. The van der Waals surface area contributed by atoms with Gasteiger partial charge in [-0.15, -0.1) is 0 Å². The van der Waals surface area contributed by atoms with Crippen LogP contribution in [0.1, 0.15) is 56.8 Å². The van der Waals surface area contributed by atoms with Crippen LogP contribution in [0.3, 0.4) is 0 Å². The van der Waals surface area contributed by atoms with Gasteiger partial charge in [-0.1, -0.05) is 38.0 Å². The molecular weight excluding hydrogens is 418 g/mol. The molecule has 0 bridgehead atoms. The van der Waals surface area contributed by atoms with Crippen molar-refractivity contribution >= 4 is 23.2 Å². The fourth-order valence-electron chi connectivity index (χ4n) is 4.23. The van der Waals surface area contributed by atoms with Crippen molar-refractivity contribution in [3.8, 4) is 11.5 Å². The molecule has 2 aromatic rings. The van der Waals surface area contributed by atoms with Gasteiger partial charge < -0.3 is 20.1 Å². The Morgan fingerprint density at radius 3 is 2.03 bits per heavy atom. The first-order valence-corrected chi connectivity index (χ1v) is 11.9. The lowest BCUT2D eigenvalue weighted by Gasteiger charge is -2.27. The van der Waals surface area contributed by atoms with Crippen LogP contribution in [0.4, 0.5) is 11.4 Å². The minimum atomic E-state index is -0.245. The Hall–Kier alpha value is -3.06. The lowest BCUT2D eigenvalue weighted by molar-refractivity contribution is -0.117. The Balaban J connectivity index is 1.80. The van der Waals surface area contributed by atoms with Gasteiger partial charge in [-0.2, -0.15) is 0 Å². The number of hydrogen-bond acceptors (Lipinski definition) is 5. The zero-order chi connectivity index (χ0) is 23.6. The summed E-state index contributed by atoms with van der Waals surface area (Å²) in [6, 6.07) is 12.9. The highest BCUT2D eigenvalue weighted by molar-refractivity contribution is 6.05. The van der Waals surface area contributed by atoms with Crippen molar-refractivity contribution in [2.75, 3.05) is 36.9 Å². The molecule has 33 heavy (non-hydrogen) atoms. The average molecular weight is 454 g/mol. The number of nitrogens with zero attached hydrogens (tertiary/aromatic N) is 1. The zero-order valence-corrected chi connectivity index (χ0v) is 19.9. The fraction of sp³-hybridized carbons (Fsp3) is 0.462. The summed E-state index contributed by atoms with van der Waals surface area (Å²) in [7, 11) is 0. The third-order valence-corrected chi connectivity index (χ3v) is 5.83. The Morgan fingerprint density at radius 1 is 0.909 bits per heavy atom. The summed E-state index contributed by atoms with van der Waals surface area (Å²) in [6.07, 6.45) is 4.75. The first-order valence-electron chi connectivity index (χ1n) is 11.9. The van der Waals surface area contributed by atoms with Gasteiger partial charge in [0.25, 0.3) is 5.91 Å².